The fourth-order valence-electron chi connectivity index (χ4n) is 1.20. The zero-order valence-corrected chi connectivity index (χ0v) is 8.16. The Labute approximate surface area is 65.5 Å². The van der Waals surface area contributed by atoms with E-state index < -0.39 is 9.04 Å². The van der Waals surface area contributed by atoms with E-state index in [0.717, 1.165) is 18.9 Å². The highest BCUT2D eigenvalue weighted by molar-refractivity contribution is 6.52. The third-order valence-electron chi connectivity index (χ3n) is 2.00. The van der Waals surface area contributed by atoms with E-state index in [4.69, 9.17) is 0 Å². The summed E-state index contributed by atoms with van der Waals surface area (Å²) in [5.41, 5.74) is 0.595. The van der Waals surface area contributed by atoms with Gasteiger partial charge in [-0.1, -0.05) is 32.8 Å². The molecule has 2 heteroatoms. The molecular weight excluding hydrogens is 140 g/mol. The topological polar surface area (TPSA) is 20.2 Å². The molecule has 0 fully saturated rings. The molecule has 60 valence electrons. The molecule has 1 unspecified atom stereocenters. The second-order valence-electron chi connectivity index (χ2n) is 2.67. The third kappa shape index (κ3) is 3.18. The third-order valence-corrected chi connectivity index (χ3v) is 4.85. The van der Waals surface area contributed by atoms with Crippen molar-refractivity contribution in [3.63, 3.8) is 0 Å². The molecule has 10 heavy (non-hydrogen) atoms. The molecule has 0 aliphatic rings. The van der Waals surface area contributed by atoms with Crippen LogP contribution < -0.4 is 0 Å². The number of hydrogen-bond donors (Lipinski definition) is 1. The molecule has 0 aliphatic heterocycles. The van der Waals surface area contributed by atoms with Gasteiger partial charge in [0.1, 0.15) is 0 Å². The minimum atomic E-state index is -1.44. The summed E-state index contributed by atoms with van der Waals surface area (Å²) in [6.45, 7) is 7.92. The van der Waals surface area contributed by atoms with Gasteiger partial charge in [-0.05, 0) is 11.6 Å². The van der Waals surface area contributed by atoms with E-state index in [-0.39, 0.29) is 0 Å². The van der Waals surface area contributed by atoms with E-state index in [9.17, 15) is 4.80 Å². The minimum Gasteiger partial charge on any atom is -0.434 e. The van der Waals surface area contributed by atoms with Gasteiger partial charge in [0.05, 0.1) is 0 Å². The first kappa shape index (κ1) is 9.92. The van der Waals surface area contributed by atoms with Gasteiger partial charge in [0.15, 0.2) is 9.04 Å². The lowest BCUT2D eigenvalue weighted by atomic mass is 10.3. The molecule has 0 aromatic heterocycles. The smallest absolute Gasteiger partial charge is 0.179 e. The predicted molar refractivity (Wildman–Crippen MR) is 48.7 cm³/mol. The first-order chi connectivity index (χ1) is 4.76. The lowest BCUT2D eigenvalue weighted by Crippen LogP contribution is -2.18. The van der Waals surface area contributed by atoms with Crippen molar-refractivity contribution in [3.8, 4) is 0 Å². The van der Waals surface area contributed by atoms with Crippen LogP contribution in [0.1, 0.15) is 26.7 Å². The maximum Gasteiger partial charge on any atom is 0.179 e. The highest BCUT2D eigenvalue weighted by atomic mass is 28.3. The average molecular weight is 158 g/mol. The average Bonchev–Trinajstić information content (AvgIpc) is 1.91. The summed E-state index contributed by atoms with van der Waals surface area (Å²) >= 11 is 0. The fourth-order valence-corrected chi connectivity index (χ4v) is 3.01. The maximum atomic E-state index is 9.58. The molecule has 0 heterocycles. The predicted octanol–water partition coefficient (Wildman–Crippen LogP) is 2.08. The lowest BCUT2D eigenvalue weighted by Gasteiger charge is -2.15. The standard InChI is InChI=1S/C8H18OSi/c1-4-7-10(9)8(5-2)6-3/h4,8-10H,1,5-7H2,2-3H3. The quantitative estimate of drug-likeness (QED) is 0.480. The molecule has 0 aliphatic carbocycles. The van der Waals surface area contributed by atoms with Crippen LogP contribution in [0.25, 0.3) is 0 Å². The van der Waals surface area contributed by atoms with E-state index in [0.29, 0.717) is 5.54 Å². The molecule has 0 saturated carbocycles. The van der Waals surface area contributed by atoms with Gasteiger partial charge in [0.2, 0.25) is 0 Å². The lowest BCUT2D eigenvalue weighted by molar-refractivity contribution is 0.532. The molecular formula is C8H18OSi. The molecule has 1 N–H and O–H groups in total. The monoisotopic (exact) mass is 158 g/mol. The van der Waals surface area contributed by atoms with Gasteiger partial charge in [0, 0.05) is 0 Å². The van der Waals surface area contributed by atoms with Gasteiger partial charge >= 0.3 is 0 Å². The van der Waals surface area contributed by atoms with Crippen LogP contribution in [0.5, 0.6) is 0 Å². The number of allylic oxidation sites excluding steroid dienone is 1. The Morgan fingerprint density at radius 1 is 1.50 bits per heavy atom. The van der Waals surface area contributed by atoms with E-state index in [2.05, 4.69) is 20.4 Å². The van der Waals surface area contributed by atoms with Gasteiger partial charge < -0.3 is 4.80 Å². The molecule has 0 amide bonds. The molecule has 0 spiro atoms. The van der Waals surface area contributed by atoms with Crippen molar-refractivity contribution in [2.24, 2.45) is 0 Å². The summed E-state index contributed by atoms with van der Waals surface area (Å²) in [6.07, 6.45) is 4.09. The largest absolute Gasteiger partial charge is 0.434 e. The summed E-state index contributed by atoms with van der Waals surface area (Å²) in [6, 6.07) is 0.867. The van der Waals surface area contributed by atoms with Crippen LogP contribution in [0.4, 0.5) is 0 Å². The van der Waals surface area contributed by atoms with Crippen LogP contribution >= 0.6 is 0 Å². The van der Waals surface area contributed by atoms with Crippen LogP contribution in [0.2, 0.25) is 11.6 Å². The Bertz CT molecular complexity index is 89.3. The second-order valence-corrected chi connectivity index (χ2v) is 5.22. The minimum absolute atomic E-state index is 0.595. The van der Waals surface area contributed by atoms with E-state index in [1.165, 1.54) is 0 Å². The molecule has 0 rings (SSSR count). The molecule has 0 aromatic carbocycles. The summed E-state index contributed by atoms with van der Waals surface area (Å²) in [4.78, 5) is 9.58. The van der Waals surface area contributed by atoms with Crippen LogP contribution in [0.3, 0.4) is 0 Å². The van der Waals surface area contributed by atoms with Gasteiger partial charge in [0.25, 0.3) is 0 Å². The van der Waals surface area contributed by atoms with Crippen LogP contribution in [-0.4, -0.2) is 13.8 Å². The van der Waals surface area contributed by atoms with Crippen LogP contribution in [0, 0.1) is 0 Å². The van der Waals surface area contributed by atoms with Crippen molar-refractivity contribution < 1.29 is 4.80 Å². The van der Waals surface area contributed by atoms with Crippen molar-refractivity contribution in [1.29, 1.82) is 0 Å². The van der Waals surface area contributed by atoms with Crippen molar-refractivity contribution in [2.45, 2.75) is 38.3 Å². The Morgan fingerprint density at radius 2 is 2.00 bits per heavy atom. The van der Waals surface area contributed by atoms with Crippen molar-refractivity contribution in [3.05, 3.63) is 12.7 Å². The van der Waals surface area contributed by atoms with Gasteiger partial charge in [-0.2, -0.15) is 0 Å². The molecule has 1 nitrogen and oxygen atoms in total. The normalized spacial score (nSPS) is 13.6. The first-order valence-electron chi connectivity index (χ1n) is 4.05. The summed E-state index contributed by atoms with van der Waals surface area (Å²) in [5.74, 6) is 0. The Balaban J connectivity index is 3.63. The maximum absolute atomic E-state index is 9.58. The van der Waals surface area contributed by atoms with E-state index in [1.54, 1.807) is 0 Å². The highest BCUT2D eigenvalue weighted by Crippen LogP contribution is 2.19. The van der Waals surface area contributed by atoms with E-state index >= 15 is 0 Å². The molecule has 0 aromatic rings. The zero-order chi connectivity index (χ0) is 7.98. The van der Waals surface area contributed by atoms with Gasteiger partial charge in [-0.15, -0.1) is 6.58 Å². The number of rotatable bonds is 5. The van der Waals surface area contributed by atoms with Gasteiger partial charge in [-0.25, -0.2) is 0 Å². The number of hydrogen-bond acceptors (Lipinski definition) is 1. The summed E-state index contributed by atoms with van der Waals surface area (Å²) in [7, 11) is -1.44. The second kappa shape index (κ2) is 5.68. The van der Waals surface area contributed by atoms with E-state index in [1.807, 2.05) is 6.08 Å². The van der Waals surface area contributed by atoms with Gasteiger partial charge in [-0.3, -0.25) is 0 Å². The van der Waals surface area contributed by atoms with Crippen LogP contribution in [-0.2, 0) is 0 Å². The highest BCUT2D eigenvalue weighted by Gasteiger charge is 2.15. The molecule has 0 bridgehead atoms. The van der Waals surface area contributed by atoms with Crippen LogP contribution in [0.15, 0.2) is 12.7 Å². The Hall–Kier alpha value is -0.0831. The molecule has 0 saturated heterocycles. The molecule has 0 radical (unpaired) electrons. The summed E-state index contributed by atoms with van der Waals surface area (Å²) in [5, 5.41) is 0. The first-order valence-corrected chi connectivity index (χ1v) is 6.05. The molecule has 1 atom stereocenters. The SMILES string of the molecule is C=CC[SiH](O)C(CC)CC. The summed E-state index contributed by atoms with van der Waals surface area (Å²) < 4.78 is 0. The van der Waals surface area contributed by atoms with Crippen molar-refractivity contribution in [1.82, 2.24) is 0 Å². The van der Waals surface area contributed by atoms with Crippen molar-refractivity contribution >= 4 is 9.04 Å². The Kier molecular flexibility index (Phi) is 5.64. The zero-order valence-electron chi connectivity index (χ0n) is 7.01. The Morgan fingerprint density at radius 3 is 2.30 bits per heavy atom. The fraction of sp³-hybridized carbons (Fsp3) is 0.750. The van der Waals surface area contributed by atoms with Crippen molar-refractivity contribution in [2.75, 3.05) is 0 Å².